The fourth-order valence-corrected chi connectivity index (χ4v) is 5.80. The van der Waals surface area contributed by atoms with Crippen LogP contribution in [0.2, 0.25) is 0 Å². The van der Waals surface area contributed by atoms with Crippen LogP contribution in [0.4, 0.5) is 11.4 Å². The van der Waals surface area contributed by atoms with Gasteiger partial charge >= 0.3 is 0 Å². The van der Waals surface area contributed by atoms with Gasteiger partial charge in [0.15, 0.2) is 0 Å². The summed E-state index contributed by atoms with van der Waals surface area (Å²) in [5, 5.41) is 7.90. The molecule has 3 unspecified atom stereocenters. The minimum atomic E-state index is -0.976. The first-order chi connectivity index (χ1) is 19.8. The molecule has 0 saturated carbocycles. The van der Waals surface area contributed by atoms with Crippen molar-refractivity contribution in [3.63, 3.8) is 0 Å². The van der Waals surface area contributed by atoms with E-state index in [1.165, 1.54) is 0 Å². The number of nitrogens with one attached hydrogen (secondary N) is 2. The number of amides is 3. The minimum Gasteiger partial charge on any atom is -0.496 e. The third-order valence-corrected chi connectivity index (χ3v) is 8.32. The Bertz CT molecular complexity index is 1440. The van der Waals surface area contributed by atoms with Crippen LogP contribution in [0.1, 0.15) is 32.3 Å². The summed E-state index contributed by atoms with van der Waals surface area (Å²) in [4.78, 5) is 45.2. The molecule has 3 aromatic rings. The van der Waals surface area contributed by atoms with Gasteiger partial charge < -0.3 is 29.9 Å². The Morgan fingerprint density at radius 3 is 2.41 bits per heavy atom. The lowest BCUT2D eigenvalue weighted by molar-refractivity contribution is -0.130. The Balaban J connectivity index is 1.65. The van der Waals surface area contributed by atoms with Crippen LogP contribution in [0.3, 0.4) is 0 Å². The predicted octanol–water partition coefficient (Wildman–Crippen LogP) is 3.64. The van der Waals surface area contributed by atoms with E-state index in [1.54, 1.807) is 30.9 Å². The summed E-state index contributed by atoms with van der Waals surface area (Å²) >= 11 is 0. The van der Waals surface area contributed by atoms with Crippen molar-refractivity contribution in [2.24, 2.45) is 5.92 Å². The maximum Gasteiger partial charge on any atom is 0.252 e. The summed E-state index contributed by atoms with van der Waals surface area (Å²) < 4.78 is 11.3. The Morgan fingerprint density at radius 2 is 1.71 bits per heavy atom. The molecule has 2 aliphatic rings. The number of hydrogen-bond acceptors (Lipinski definition) is 6. The molecule has 3 aromatic carbocycles. The highest BCUT2D eigenvalue weighted by Crippen LogP contribution is 2.39. The summed E-state index contributed by atoms with van der Waals surface area (Å²) in [5.41, 5.74) is 2.10. The largest absolute Gasteiger partial charge is 0.496 e. The molecule has 216 valence electrons. The molecule has 2 aliphatic heterocycles. The van der Waals surface area contributed by atoms with Gasteiger partial charge in [-0.05, 0) is 62.7 Å². The van der Waals surface area contributed by atoms with Gasteiger partial charge in [-0.25, -0.2) is 0 Å². The van der Waals surface area contributed by atoms with E-state index in [0.717, 1.165) is 16.3 Å². The van der Waals surface area contributed by atoms with Crippen LogP contribution >= 0.6 is 0 Å². The first-order valence-corrected chi connectivity index (χ1v) is 14.2. The number of ether oxygens (including phenoxy) is 2. The summed E-state index contributed by atoms with van der Waals surface area (Å²) in [5.74, 6) is -0.243. The summed E-state index contributed by atoms with van der Waals surface area (Å²) in [6.45, 7) is 4.81. The van der Waals surface area contributed by atoms with Gasteiger partial charge in [0.25, 0.3) is 5.91 Å². The lowest BCUT2D eigenvalue weighted by Gasteiger charge is -2.35. The molecule has 9 heteroatoms. The van der Waals surface area contributed by atoms with Gasteiger partial charge in [0.1, 0.15) is 11.8 Å². The number of methoxy groups -OCH3 is 1. The highest BCUT2D eigenvalue weighted by molar-refractivity contribution is 6.09. The summed E-state index contributed by atoms with van der Waals surface area (Å²) in [6.07, 6.45) is 1.23. The molecule has 2 heterocycles. The monoisotopic (exact) mass is 558 g/mol. The van der Waals surface area contributed by atoms with Gasteiger partial charge in [-0.3, -0.25) is 14.4 Å². The molecule has 0 aliphatic carbocycles. The molecule has 0 spiro atoms. The molecular weight excluding hydrogens is 520 g/mol. The topological polar surface area (TPSA) is 100 Å². The molecule has 5 rings (SSSR count). The Morgan fingerprint density at radius 1 is 1.02 bits per heavy atom. The first kappa shape index (κ1) is 28.6. The lowest BCUT2D eigenvalue weighted by atomic mass is 9.96. The molecule has 3 amide bonds. The van der Waals surface area contributed by atoms with Gasteiger partial charge in [-0.15, -0.1) is 0 Å². The average Bonchev–Trinajstić information content (AvgIpc) is 3.09. The zero-order valence-corrected chi connectivity index (χ0v) is 24.1. The molecule has 0 bridgehead atoms. The van der Waals surface area contributed by atoms with Gasteiger partial charge in [0.05, 0.1) is 37.1 Å². The number of likely N-dealkylation sites (N-methyl/N-ethyl adjacent to an activating group) is 1. The highest BCUT2D eigenvalue weighted by atomic mass is 16.5. The second-order valence-corrected chi connectivity index (χ2v) is 10.7. The molecular formula is C32H38N4O5. The molecule has 1 saturated heterocycles. The van der Waals surface area contributed by atoms with E-state index in [1.807, 2.05) is 67.6 Å². The molecule has 41 heavy (non-hydrogen) atoms. The van der Waals surface area contributed by atoms with Crippen molar-refractivity contribution in [1.82, 2.24) is 10.6 Å². The number of para-hydroxylation sites is 2. The Kier molecular flexibility index (Phi) is 8.56. The first-order valence-electron chi connectivity index (χ1n) is 14.2. The van der Waals surface area contributed by atoms with Gasteiger partial charge in [-0.2, -0.15) is 0 Å². The summed E-state index contributed by atoms with van der Waals surface area (Å²) in [7, 11) is 3.31. The van der Waals surface area contributed by atoms with Crippen molar-refractivity contribution in [2.45, 2.75) is 51.4 Å². The fourth-order valence-electron chi connectivity index (χ4n) is 5.80. The van der Waals surface area contributed by atoms with Crippen LogP contribution in [0.5, 0.6) is 5.75 Å². The van der Waals surface area contributed by atoms with Gasteiger partial charge in [0.2, 0.25) is 11.8 Å². The van der Waals surface area contributed by atoms with Crippen LogP contribution in [0.15, 0.2) is 60.7 Å². The Labute approximate surface area is 240 Å². The number of nitrogens with zero attached hydrogens (tertiary/aromatic N) is 2. The highest BCUT2D eigenvalue weighted by Gasteiger charge is 2.44. The standard InChI is InChI=1S/C32H38N4O5/c1-20(33-3)30(37)34-29-21(2)36(31(38)23-15-17-41-18-16-23)27-12-8-7-11-26(27)35(32(29)39)19-25-24-10-6-5-9-22(24)13-14-28(25)40-4/h5-14,20-21,23,29,33H,15-19H2,1-4H3,(H,34,37). The average molecular weight is 559 g/mol. The van der Waals surface area contributed by atoms with Crippen molar-refractivity contribution in [3.05, 3.63) is 66.2 Å². The number of anilines is 2. The van der Waals surface area contributed by atoms with Crippen molar-refractivity contribution < 1.29 is 23.9 Å². The van der Waals surface area contributed by atoms with E-state index in [0.29, 0.717) is 43.2 Å². The SMILES string of the molecule is CNC(C)C(=O)NC1C(=O)N(Cc2c(OC)ccc3ccccc23)c2ccccc2N(C(=O)C2CCOCC2)C1C. The van der Waals surface area contributed by atoms with Crippen LogP contribution in [0, 0.1) is 5.92 Å². The molecule has 9 nitrogen and oxygen atoms in total. The van der Waals surface area contributed by atoms with Crippen LogP contribution in [-0.4, -0.2) is 63.2 Å². The number of benzene rings is 3. The predicted molar refractivity (Wildman–Crippen MR) is 159 cm³/mol. The van der Waals surface area contributed by atoms with Crippen LogP contribution in [-0.2, 0) is 25.7 Å². The van der Waals surface area contributed by atoms with E-state index < -0.39 is 18.1 Å². The lowest BCUT2D eigenvalue weighted by Crippen LogP contribution is -2.60. The van der Waals surface area contributed by atoms with Crippen molar-refractivity contribution in [1.29, 1.82) is 0 Å². The maximum absolute atomic E-state index is 14.5. The number of fused-ring (bicyclic) bond motifs is 2. The number of carbonyl (C=O) groups is 3. The quantitative estimate of drug-likeness (QED) is 0.460. The van der Waals surface area contributed by atoms with E-state index in [2.05, 4.69) is 10.6 Å². The molecule has 1 fully saturated rings. The smallest absolute Gasteiger partial charge is 0.252 e. The zero-order chi connectivity index (χ0) is 29.1. The van der Waals surface area contributed by atoms with E-state index >= 15 is 0 Å². The zero-order valence-electron chi connectivity index (χ0n) is 24.1. The minimum absolute atomic E-state index is 0.0634. The fraction of sp³-hybridized carbons (Fsp3) is 0.406. The van der Waals surface area contributed by atoms with Crippen LogP contribution < -0.4 is 25.2 Å². The molecule has 0 aromatic heterocycles. The Hall–Kier alpha value is -3.95. The van der Waals surface area contributed by atoms with E-state index in [-0.39, 0.29) is 30.2 Å². The van der Waals surface area contributed by atoms with Crippen molar-refractivity contribution >= 4 is 39.9 Å². The van der Waals surface area contributed by atoms with Gasteiger partial charge in [-0.1, -0.05) is 42.5 Å². The second-order valence-electron chi connectivity index (χ2n) is 10.7. The number of rotatable bonds is 7. The maximum atomic E-state index is 14.5. The van der Waals surface area contributed by atoms with Crippen molar-refractivity contribution in [2.75, 3.05) is 37.2 Å². The van der Waals surface area contributed by atoms with E-state index in [9.17, 15) is 14.4 Å². The second kappa shape index (κ2) is 12.3. The molecule has 2 N–H and O–H groups in total. The van der Waals surface area contributed by atoms with E-state index in [4.69, 9.17) is 9.47 Å². The van der Waals surface area contributed by atoms with Crippen LogP contribution in [0.25, 0.3) is 10.8 Å². The van der Waals surface area contributed by atoms with Crippen molar-refractivity contribution in [3.8, 4) is 5.75 Å². The molecule has 3 atom stereocenters. The third-order valence-electron chi connectivity index (χ3n) is 8.32. The normalized spacial score (nSPS) is 20.3. The number of carbonyl (C=O) groups excluding carboxylic acids is 3. The third kappa shape index (κ3) is 5.52. The summed E-state index contributed by atoms with van der Waals surface area (Å²) in [6, 6.07) is 17.2. The number of hydrogen-bond donors (Lipinski definition) is 2. The molecule has 0 radical (unpaired) electrons. The van der Waals surface area contributed by atoms with Gasteiger partial charge in [0, 0.05) is 24.7 Å².